The minimum Gasteiger partial charge on any atom is -0.341 e. The molecule has 0 atom stereocenters. The Morgan fingerprint density at radius 2 is 2.16 bits per heavy atom. The molecule has 6 nitrogen and oxygen atoms in total. The lowest BCUT2D eigenvalue weighted by molar-refractivity contribution is -0.131. The summed E-state index contributed by atoms with van der Waals surface area (Å²) in [6.07, 6.45) is 3.49. The van der Waals surface area contributed by atoms with Gasteiger partial charge in [0.25, 0.3) is 0 Å². The Morgan fingerprint density at radius 3 is 2.74 bits per heavy atom. The van der Waals surface area contributed by atoms with Crippen LogP contribution in [0, 0.1) is 0 Å². The van der Waals surface area contributed by atoms with Crippen LogP contribution in [-0.2, 0) is 4.79 Å². The summed E-state index contributed by atoms with van der Waals surface area (Å²) in [5.74, 6) is 0.131. The smallest absolute Gasteiger partial charge is 0.317 e. The fourth-order valence-corrected chi connectivity index (χ4v) is 2.65. The van der Waals surface area contributed by atoms with Gasteiger partial charge in [0.2, 0.25) is 5.91 Å². The van der Waals surface area contributed by atoms with E-state index in [1.807, 2.05) is 9.80 Å². The first kappa shape index (κ1) is 13.9. The summed E-state index contributed by atoms with van der Waals surface area (Å²) in [7, 11) is 0. The van der Waals surface area contributed by atoms with Crippen LogP contribution in [-0.4, -0.2) is 67.0 Å². The first-order valence-electron chi connectivity index (χ1n) is 6.86. The predicted molar refractivity (Wildman–Crippen MR) is 72.8 cm³/mol. The second-order valence-corrected chi connectivity index (χ2v) is 4.96. The van der Waals surface area contributed by atoms with Crippen LogP contribution in [0.3, 0.4) is 0 Å². The number of nitrogens with zero attached hydrogens (tertiary/aromatic N) is 2. The number of nitrogens with one attached hydrogen (secondary N) is 2. The lowest BCUT2D eigenvalue weighted by atomic mass is 10.0. The average molecular weight is 266 g/mol. The minimum absolute atomic E-state index is 0.0393. The molecule has 3 amide bonds. The van der Waals surface area contributed by atoms with Crippen LogP contribution >= 0.6 is 0 Å². The number of carbonyl (C=O) groups excluding carboxylic acids is 2. The SMILES string of the molecule is C=CCNCC(=O)N1CCC(N2CCNC2=O)CC1. The van der Waals surface area contributed by atoms with E-state index in [1.54, 1.807) is 6.08 Å². The molecule has 0 aromatic carbocycles. The van der Waals surface area contributed by atoms with Gasteiger partial charge in [-0.2, -0.15) is 0 Å². The molecule has 2 aliphatic heterocycles. The van der Waals surface area contributed by atoms with Crippen LogP contribution in [0.5, 0.6) is 0 Å². The number of rotatable bonds is 5. The Labute approximate surface area is 113 Å². The molecular formula is C13H22N4O2. The molecule has 0 aliphatic carbocycles. The van der Waals surface area contributed by atoms with E-state index in [1.165, 1.54) is 0 Å². The molecule has 106 valence electrons. The Kier molecular flexibility index (Phi) is 4.79. The van der Waals surface area contributed by atoms with E-state index in [9.17, 15) is 9.59 Å². The second-order valence-electron chi connectivity index (χ2n) is 4.96. The summed E-state index contributed by atoms with van der Waals surface area (Å²) in [6, 6.07) is 0.324. The highest BCUT2D eigenvalue weighted by atomic mass is 16.2. The van der Waals surface area contributed by atoms with Crippen LogP contribution in [0.4, 0.5) is 4.79 Å². The van der Waals surface area contributed by atoms with Gasteiger partial charge in [0, 0.05) is 38.8 Å². The third kappa shape index (κ3) is 3.47. The molecule has 0 radical (unpaired) electrons. The highest BCUT2D eigenvalue weighted by Gasteiger charge is 2.31. The number of amides is 3. The quantitative estimate of drug-likeness (QED) is 0.534. The summed E-state index contributed by atoms with van der Waals surface area (Å²) >= 11 is 0. The van der Waals surface area contributed by atoms with E-state index >= 15 is 0 Å². The van der Waals surface area contributed by atoms with Crippen molar-refractivity contribution in [3.8, 4) is 0 Å². The van der Waals surface area contributed by atoms with E-state index in [2.05, 4.69) is 17.2 Å². The molecule has 19 heavy (non-hydrogen) atoms. The molecule has 0 bridgehead atoms. The van der Waals surface area contributed by atoms with Crippen molar-refractivity contribution in [2.24, 2.45) is 0 Å². The number of carbonyl (C=O) groups is 2. The molecule has 0 saturated carbocycles. The van der Waals surface area contributed by atoms with Gasteiger partial charge >= 0.3 is 6.03 Å². The number of hydrogen-bond donors (Lipinski definition) is 2. The number of likely N-dealkylation sites (tertiary alicyclic amines) is 1. The van der Waals surface area contributed by atoms with Crippen molar-refractivity contribution in [2.75, 3.05) is 39.3 Å². The molecule has 0 spiro atoms. The maximum Gasteiger partial charge on any atom is 0.317 e. The summed E-state index contributed by atoms with van der Waals surface area (Å²) in [5, 5.41) is 5.84. The van der Waals surface area contributed by atoms with Crippen molar-refractivity contribution in [1.82, 2.24) is 20.4 Å². The highest BCUT2D eigenvalue weighted by Crippen LogP contribution is 2.18. The normalized spacial score (nSPS) is 20.5. The monoisotopic (exact) mass is 266 g/mol. The molecule has 0 unspecified atom stereocenters. The fraction of sp³-hybridized carbons (Fsp3) is 0.692. The van der Waals surface area contributed by atoms with Crippen molar-refractivity contribution in [2.45, 2.75) is 18.9 Å². The maximum absolute atomic E-state index is 11.9. The van der Waals surface area contributed by atoms with Crippen molar-refractivity contribution in [3.05, 3.63) is 12.7 Å². The molecule has 6 heteroatoms. The van der Waals surface area contributed by atoms with Gasteiger partial charge in [-0.3, -0.25) is 4.79 Å². The lowest BCUT2D eigenvalue weighted by Gasteiger charge is -2.36. The van der Waals surface area contributed by atoms with Crippen molar-refractivity contribution >= 4 is 11.9 Å². The van der Waals surface area contributed by atoms with Crippen LogP contribution < -0.4 is 10.6 Å². The van der Waals surface area contributed by atoms with Gasteiger partial charge in [-0.1, -0.05) is 6.08 Å². The minimum atomic E-state index is 0.0393. The Balaban J connectivity index is 1.74. The summed E-state index contributed by atoms with van der Waals surface area (Å²) in [6.45, 7) is 7.62. The predicted octanol–water partition coefficient (Wildman–Crippen LogP) is -0.222. The summed E-state index contributed by atoms with van der Waals surface area (Å²) in [5.41, 5.74) is 0. The molecule has 2 saturated heterocycles. The third-order valence-electron chi connectivity index (χ3n) is 3.71. The van der Waals surface area contributed by atoms with Gasteiger partial charge in [0.15, 0.2) is 0 Å². The van der Waals surface area contributed by atoms with Crippen molar-refractivity contribution < 1.29 is 9.59 Å². The van der Waals surface area contributed by atoms with Gasteiger partial charge in [0.1, 0.15) is 0 Å². The summed E-state index contributed by atoms with van der Waals surface area (Å²) < 4.78 is 0. The Bertz CT molecular complexity index is 351. The molecule has 0 aromatic rings. The maximum atomic E-state index is 11.9. The second kappa shape index (κ2) is 6.56. The zero-order valence-electron chi connectivity index (χ0n) is 11.2. The van der Waals surface area contributed by atoms with Crippen LogP contribution in [0.25, 0.3) is 0 Å². The van der Waals surface area contributed by atoms with E-state index in [-0.39, 0.29) is 18.0 Å². The lowest BCUT2D eigenvalue weighted by Crippen LogP contribution is -2.49. The number of piperidine rings is 1. The van der Waals surface area contributed by atoms with Gasteiger partial charge in [-0.15, -0.1) is 6.58 Å². The Morgan fingerprint density at radius 1 is 1.42 bits per heavy atom. The van der Waals surface area contributed by atoms with Crippen molar-refractivity contribution in [1.29, 1.82) is 0 Å². The zero-order chi connectivity index (χ0) is 13.7. The van der Waals surface area contributed by atoms with Crippen LogP contribution in [0.15, 0.2) is 12.7 Å². The average Bonchev–Trinajstić information content (AvgIpc) is 2.85. The standard InChI is InChI=1S/C13H22N4O2/c1-2-5-14-10-12(18)16-7-3-11(4-8-16)17-9-6-15-13(17)19/h2,11,14H,1,3-10H2,(H,15,19). The first-order valence-corrected chi connectivity index (χ1v) is 6.86. The van der Waals surface area contributed by atoms with E-state index in [0.29, 0.717) is 13.1 Å². The van der Waals surface area contributed by atoms with Gasteiger partial charge in [0.05, 0.1) is 6.54 Å². The molecule has 2 fully saturated rings. The van der Waals surface area contributed by atoms with Crippen LogP contribution in [0.2, 0.25) is 0 Å². The first-order chi connectivity index (χ1) is 9.22. The molecule has 2 aliphatic rings. The molecular weight excluding hydrogens is 244 g/mol. The number of urea groups is 1. The van der Waals surface area contributed by atoms with Gasteiger partial charge in [-0.05, 0) is 12.8 Å². The van der Waals surface area contributed by atoms with E-state index < -0.39 is 0 Å². The van der Waals surface area contributed by atoms with Crippen molar-refractivity contribution in [3.63, 3.8) is 0 Å². The van der Waals surface area contributed by atoms with E-state index in [4.69, 9.17) is 0 Å². The third-order valence-corrected chi connectivity index (χ3v) is 3.71. The van der Waals surface area contributed by atoms with Crippen LogP contribution in [0.1, 0.15) is 12.8 Å². The van der Waals surface area contributed by atoms with Gasteiger partial charge in [-0.25, -0.2) is 4.79 Å². The molecule has 2 heterocycles. The Hall–Kier alpha value is -1.56. The fourth-order valence-electron chi connectivity index (χ4n) is 2.65. The largest absolute Gasteiger partial charge is 0.341 e. The summed E-state index contributed by atoms with van der Waals surface area (Å²) in [4.78, 5) is 27.3. The van der Waals surface area contributed by atoms with Gasteiger partial charge < -0.3 is 20.4 Å². The zero-order valence-corrected chi connectivity index (χ0v) is 11.2. The molecule has 2 rings (SSSR count). The number of hydrogen-bond acceptors (Lipinski definition) is 3. The van der Waals surface area contributed by atoms with E-state index in [0.717, 1.165) is 39.0 Å². The highest BCUT2D eigenvalue weighted by molar-refractivity contribution is 5.78. The topological polar surface area (TPSA) is 64.7 Å². The molecule has 0 aromatic heterocycles. The molecule has 2 N–H and O–H groups in total.